The maximum Gasteiger partial charge on any atom is 0.0558 e. The van der Waals surface area contributed by atoms with Gasteiger partial charge in [-0.2, -0.15) is 0 Å². The Morgan fingerprint density at radius 3 is 2.47 bits per heavy atom. The molecule has 3 heteroatoms. The lowest BCUT2D eigenvalue weighted by molar-refractivity contribution is 0.0887. The standard InChI is InChI=1S/C16H32N2O/c1-2-14-5-7-16(8-6-14)18(10-11-19)13-15-4-3-9-17-12-15/h14-17,19H,2-13H2,1H3. The molecule has 0 bridgehead atoms. The van der Waals surface area contributed by atoms with Crippen LogP contribution in [0.4, 0.5) is 0 Å². The molecule has 3 nitrogen and oxygen atoms in total. The van der Waals surface area contributed by atoms with Crippen LogP contribution in [0.2, 0.25) is 0 Å². The van der Waals surface area contributed by atoms with Crippen LogP contribution in [0.5, 0.6) is 0 Å². The number of nitrogens with one attached hydrogen (secondary N) is 1. The molecule has 2 rings (SSSR count). The van der Waals surface area contributed by atoms with E-state index in [1.165, 1.54) is 64.6 Å². The van der Waals surface area contributed by atoms with Crippen LogP contribution < -0.4 is 5.32 Å². The van der Waals surface area contributed by atoms with E-state index in [1.807, 2.05) is 0 Å². The summed E-state index contributed by atoms with van der Waals surface area (Å²) in [4.78, 5) is 2.59. The van der Waals surface area contributed by atoms with Gasteiger partial charge in [0.15, 0.2) is 0 Å². The largest absolute Gasteiger partial charge is 0.395 e. The van der Waals surface area contributed by atoms with Gasteiger partial charge in [-0.3, -0.25) is 4.90 Å². The van der Waals surface area contributed by atoms with Crippen LogP contribution in [0.1, 0.15) is 51.9 Å². The first kappa shape index (κ1) is 15.3. The lowest BCUT2D eigenvalue weighted by Crippen LogP contribution is -2.45. The fourth-order valence-corrected chi connectivity index (χ4v) is 3.88. The number of hydrogen-bond acceptors (Lipinski definition) is 3. The zero-order chi connectivity index (χ0) is 13.5. The quantitative estimate of drug-likeness (QED) is 0.775. The van der Waals surface area contributed by atoms with Crippen LogP contribution in [-0.2, 0) is 0 Å². The minimum absolute atomic E-state index is 0.313. The molecule has 1 aliphatic heterocycles. The highest BCUT2D eigenvalue weighted by atomic mass is 16.3. The summed E-state index contributed by atoms with van der Waals surface area (Å²) in [7, 11) is 0. The van der Waals surface area contributed by atoms with Crippen molar-refractivity contribution in [3.05, 3.63) is 0 Å². The number of rotatable bonds is 6. The van der Waals surface area contributed by atoms with Crippen LogP contribution in [0, 0.1) is 11.8 Å². The zero-order valence-electron chi connectivity index (χ0n) is 12.6. The van der Waals surface area contributed by atoms with Crippen LogP contribution in [-0.4, -0.2) is 48.8 Å². The molecule has 1 saturated heterocycles. The third-order valence-electron chi connectivity index (χ3n) is 5.19. The Balaban J connectivity index is 1.81. The molecule has 2 aliphatic rings. The van der Waals surface area contributed by atoms with E-state index in [0.29, 0.717) is 6.61 Å². The summed E-state index contributed by atoms with van der Waals surface area (Å²) in [5, 5.41) is 12.8. The first-order valence-corrected chi connectivity index (χ1v) is 8.39. The Morgan fingerprint density at radius 1 is 1.11 bits per heavy atom. The Kier molecular flexibility index (Phi) is 6.62. The van der Waals surface area contributed by atoms with Crippen molar-refractivity contribution in [3.8, 4) is 0 Å². The molecule has 0 amide bonds. The predicted molar refractivity (Wildman–Crippen MR) is 80.3 cm³/mol. The molecule has 19 heavy (non-hydrogen) atoms. The average Bonchev–Trinajstić information content (AvgIpc) is 2.48. The van der Waals surface area contributed by atoms with Crippen LogP contribution in [0.3, 0.4) is 0 Å². The Labute approximate surface area is 118 Å². The first-order chi connectivity index (χ1) is 9.33. The summed E-state index contributed by atoms with van der Waals surface area (Å²) in [5.74, 6) is 1.76. The van der Waals surface area contributed by atoms with Crippen LogP contribution >= 0.6 is 0 Å². The Bertz CT molecular complexity index is 233. The summed E-state index contributed by atoms with van der Waals surface area (Å²) in [6, 6.07) is 0.733. The van der Waals surface area contributed by atoms with Crippen molar-refractivity contribution in [2.24, 2.45) is 11.8 Å². The SMILES string of the molecule is CCC1CCC(N(CCO)CC2CCCNC2)CC1. The van der Waals surface area contributed by atoms with Gasteiger partial charge < -0.3 is 10.4 Å². The van der Waals surface area contributed by atoms with E-state index in [1.54, 1.807) is 0 Å². The van der Waals surface area contributed by atoms with Gasteiger partial charge in [-0.15, -0.1) is 0 Å². The minimum atomic E-state index is 0.313. The van der Waals surface area contributed by atoms with Crippen molar-refractivity contribution in [2.45, 2.75) is 57.9 Å². The van der Waals surface area contributed by atoms with Gasteiger partial charge in [0.2, 0.25) is 0 Å². The van der Waals surface area contributed by atoms with E-state index in [4.69, 9.17) is 0 Å². The topological polar surface area (TPSA) is 35.5 Å². The second kappa shape index (κ2) is 8.23. The molecule has 1 unspecified atom stereocenters. The fourth-order valence-electron chi connectivity index (χ4n) is 3.88. The molecular weight excluding hydrogens is 236 g/mol. The smallest absolute Gasteiger partial charge is 0.0558 e. The zero-order valence-corrected chi connectivity index (χ0v) is 12.6. The molecule has 1 aliphatic carbocycles. The number of aliphatic hydroxyl groups excluding tert-OH is 1. The van der Waals surface area contributed by atoms with E-state index < -0.39 is 0 Å². The molecular formula is C16H32N2O. The molecule has 0 aromatic carbocycles. The molecule has 0 radical (unpaired) electrons. The normalized spacial score (nSPS) is 32.7. The number of hydrogen-bond donors (Lipinski definition) is 2. The van der Waals surface area contributed by atoms with Crippen molar-refractivity contribution >= 4 is 0 Å². The molecule has 0 aromatic heterocycles. The molecule has 112 valence electrons. The van der Waals surface area contributed by atoms with Crippen LogP contribution in [0.15, 0.2) is 0 Å². The molecule has 0 aromatic rings. The second-order valence-electron chi connectivity index (χ2n) is 6.51. The molecule has 2 N–H and O–H groups in total. The highest BCUT2D eigenvalue weighted by molar-refractivity contribution is 4.82. The third kappa shape index (κ3) is 4.73. The van der Waals surface area contributed by atoms with Crippen LogP contribution in [0.25, 0.3) is 0 Å². The van der Waals surface area contributed by atoms with E-state index in [-0.39, 0.29) is 0 Å². The van der Waals surface area contributed by atoms with E-state index in [0.717, 1.165) is 24.4 Å². The number of nitrogens with zero attached hydrogens (tertiary/aromatic N) is 1. The summed E-state index contributed by atoms with van der Waals surface area (Å²) in [6.45, 7) is 7.06. The minimum Gasteiger partial charge on any atom is -0.395 e. The maximum atomic E-state index is 9.34. The van der Waals surface area contributed by atoms with Gasteiger partial charge >= 0.3 is 0 Å². The number of aliphatic hydroxyl groups is 1. The fraction of sp³-hybridized carbons (Fsp3) is 1.00. The summed E-state index contributed by atoms with van der Waals surface area (Å²) in [5.41, 5.74) is 0. The summed E-state index contributed by atoms with van der Waals surface area (Å²) >= 11 is 0. The van der Waals surface area contributed by atoms with Gasteiger partial charge in [0.05, 0.1) is 6.61 Å². The van der Waals surface area contributed by atoms with Crippen molar-refractivity contribution in [3.63, 3.8) is 0 Å². The summed E-state index contributed by atoms with van der Waals surface area (Å²) in [6.07, 6.45) is 9.51. The monoisotopic (exact) mass is 268 g/mol. The van der Waals surface area contributed by atoms with Gasteiger partial charge in [-0.05, 0) is 63.5 Å². The van der Waals surface area contributed by atoms with Gasteiger partial charge in [0.1, 0.15) is 0 Å². The third-order valence-corrected chi connectivity index (χ3v) is 5.19. The average molecular weight is 268 g/mol. The highest BCUT2D eigenvalue weighted by Crippen LogP contribution is 2.30. The molecule has 2 fully saturated rings. The van der Waals surface area contributed by atoms with Gasteiger partial charge in [-0.1, -0.05) is 13.3 Å². The van der Waals surface area contributed by atoms with E-state index in [9.17, 15) is 5.11 Å². The molecule has 1 heterocycles. The summed E-state index contributed by atoms with van der Waals surface area (Å²) < 4.78 is 0. The Hall–Kier alpha value is -0.120. The highest BCUT2D eigenvalue weighted by Gasteiger charge is 2.27. The van der Waals surface area contributed by atoms with Crippen molar-refractivity contribution in [2.75, 3.05) is 32.8 Å². The molecule has 1 saturated carbocycles. The van der Waals surface area contributed by atoms with Gasteiger partial charge in [0.25, 0.3) is 0 Å². The Morgan fingerprint density at radius 2 is 1.89 bits per heavy atom. The maximum absolute atomic E-state index is 9.34. The first-order valence-electron chi connectivity index (χ1n) is 8.39. The molecule has 1 atom stereocenters. The van der Waals surface area contributed by atoms with Gasteiger partial charge in [-0.25, -0.2) is 0 Å². The lowest BCUT2D eigenvalue weighted by Gasteiger charge is -2.39. The van der Waals surface area contributed by atoms with Crippen molar-refractivity contribution in [1.82, 2.24) is 10.2 Å². The number of piperidine rings is 1. The van der Waals surface area contributed by atoms with E-state index >= 15 is 0 Å². The van der Waals surface area contributed by atoms with Gasteiger partial charge in [0, 0.05) is 19.1 Å². The van der Waals surface area contributed by atoms with Crippen molar-refractivity contribution in [1.29, 1.82) is 0 Å². The lowest BCUT2D eigenvalue weighted by atomic mass is 9.83. The second-order valence-corrected chi connectivity index (χ2v) is 6.51. The molecule has 0 spiro atoms. The predicted octanol–water partition coefficient (Wildman–Crippen LogP) is 2.25. The van der Waals surface area contributed by atoms with E-state index in [2.05, 4.69) is 17.1 Å². The van der Waals surface area contributed by atoms with Crippen molar-refractivity contribution < 1.29 is 5.11 Å².